The third kappa shape index (κ3) is 3.42. The fourth-order valence-corrected chi connectivity index (χ4v) is 2.82. The molecular weight excluding hydrogens is 226 g/mol. The predicted molar refractivity (Wildman–Crippen MR) is 72.2 cm³/mol. The molecule has 1 heterocycles. The third-order valence-corrected chi connectivity index (χ3v) is 3.76. The number of hydrogen-bond donors (Lipinski definition) is 2. The van der Waals surface area contributed by atoms with Crippen LogP contribution in [0.15, 0.2) is 12.3 Å². The van der Waals surface area contributed by atoms with Gasteiger partial charge >= 0.3 is 0 Å². The molecule has 18 heavy (non-hydrogen) atoms. The first kappa shape index (κ1) is 13.3. The standard InChI is InChI=1S/C14H23N3O/c1-2-5-13(11-6-3-4-7-11)17-14-15-9-8-12(10-18)16-14/h8-9,11,13,18H,2-7,10H2,1H3,(H,15,16,17). The van der Waals surface area contributed by atoms with Crippen molar-refractivity contribution in [3.05, 3.63) is 18.0 Å². The number of aliphatic hydroxyl groups is 1. The Kier molecular flexibility index (Phi) is 4.93. The largest absolute Gasteiger partial charge is 0.390 e. The molecule has 0 amide bonds. The Morgan fingerprint density at radius 2 is 2.22 bits per heavy atom. The van der Waals surface area contributed by atoms with Gasteiger partial charge in [0.2, 0.25) is 5.95 Å². The van der Waals surface area contributed by atoms with Gasteiger partial charge in [-0.2, -0.15) is 0 Å². The molecule has 100 valence electrons. The number of aromatic nitrogens is 2. The summed E-state index contributed by atoms with van der Waals surface area (Å²) in [6.07, 6.45) is 9.38. The van der Waals surface area contributed by atoms with Crippen molar-refractivity contribution in [2.45, 2.75) is 58.1 Å². The summed E-state index contributed by atoms with van der Waals surface area (Å²) in [5.41, 5.74) is 0.675. The predicted octanol–water partition coefficient (Wildman–Crippen LogP) is 2.74. The summed E-state index contributed by atoms with van der Waals surface area (Å²) in [6.45, 7) is 2.19. The van der Waals surface area contributed by atoms with Gasteiger partial charge in [-0.25, -0.2) is 9.97 Å². The van der Waals surface area contributed by atoms with E-state index in [1.54, 1.807) is 12.3 Å². The molecule has 0 bridgehead atoms. The smallest absolute Gasteiger partial charge is 0.223 e. The van der Waals surface area contributed by atoms with E-state index >= 15 is 0 Å². The van der Waals surface area contributed by atoms with Crippen molar-refractivity contribution in [2.75, 3.05) is 5.32 Å². The van der Waals surface area contributed by atoms with Gasteiger partial charge in [0.25, 0.3) is 0 Å². The minimum atomic E-state index is -0.0287. The van der Waals surface area contributed by atoms with Gasteiger partial charge in [-0.3, -0.25) is 0 Å². The van der Waals surface area contributed by atoms with Gasteiger partial charge in [-0.05, 0) is 31.2 Å². The zero-order chi connectivity index (χ0) is 12.8. The van der Waals surface area contributed by atoms with E-state index in [-0.39, 0.29) is 6.61 Å². The first-order valence-corrected chi connectivity index (χ1v) is 7.02. The second kappa shape index (κ2) is 6.69. The molecule has 0 spiro atoms. The van der Waals surface area contributed by atoms with Gasteiger partial charge in [-0.1, -0.05) is 26.2 Å². The second-order valence-corrected chi connectivity index (χ2v) is 5.11. The number of nitrogens with zero attached hydrogens (tertiary/aromatic N) is 2. The van der Waals surface area contributed by atoms with E-state index < -0.39 is 0 Å². The van der Waals surface area contributed by atoms with Crippen molar-refractivity contribution >= 4 is 5.95 Å². The van der Waals surface area contributed by atoms with Crippen LogP contribution in [-0.2, 0) is 6.61 Å². The summed E-state index contributed by atoms with van der Waals surface area (Å²) in [4.78, 5) is 8.56. The zero-order valence-corrected chi connectivity index (χ0v) is 11.1. The molecule has 1 aromatic rings. The lowest BCUT2D eigenvalue weighted by Crippen LogP contribution is -2.28. The molecule has 1 aliphatic carbocycles. The van der Waals surface area contributed by atoms with Crippen LogP contribution in [0.4, 0.5) is 5.95 Å². The fourth-order valence-electron chi connectivity index (χ4n) is 2.82. The highest BCUT2D eigenvalue weighted by Crippen LogP contribution is 2.30. The van der Waals surface area contributed by atoms with Crippen molar-refractivity contribution in [1.82, 2.24) is 9.97 Å². The maximum atomic E-state index is 9.09. The van der Waals surface area contributed by atoms with E-state index in [1.165, 1.54) is 32.1 Å². The molecule has 4 nitrogen and oxygen atoms in total. The first-order valence-electron chi connectivity index (χ1n) is 7.02. The van der Waals surface area contributed by atoms with Gasteiger partial charge in [0.1, 0.15) is 0 Å². The minimum Gasteiger partial charge on any atom is -0.390 e. The Morgan fingerprint density at radius 3 is 2.89 bits per heavy atom. The Labute approximate surface area is 109 Å². The van der Waals surface area contributed by atoms with Gasteiger partial charge < -0.3 is 10.4 Å². The zero-order valence-electron chi connectivity index (χ0n) is 11.1. The molecule has 2 rings (SSSR count). The number of hydrogen-bond acceptors (Lipinski definition) is 4. The lowest BCUT2D eigenvalue weighted by Gasteiger charge is -2.24. The van der Waals surface area contributed by atoms with E-state index in [1.807, 2.05) is 0 Å². The molecule has 1 unspecified atom stereocenters. The molecule has 1 aromatic heterocycles. The van der Waals surface area contributed by atoms with E-state index in [2.05, 4.69) is 22.2 Å². The normalized spacial score (nSPS) is 17.9. The molecule has 0 radical (unpaired) electrons. The maximum Gasteiger partial charge on any atom is 0.223 e. The Morgan fingerprint density at radius 1 is 1.44 bits per heavy atom. The fraction of sp³-hybridized carbons (Fsp3) is 0.714. The summed E-state index contributed by atoms with van der Waals surface area (Å²) >= 11 is 0. The Hall–Kier alpha value is -1.16. The Bertz CT molecular complexity index is 364. The molecule has 1 atom stereocenters. The number of rotatable bonds is 6. The van der Waals surface area contributed by atoms with E-state index in [0.717, 1.165) is 12.3 Å². The van der Waals surface area contributed by atoms with Gasteiger partial charge in [0.15, 0.2) is 0 Å². The summed E-state index contributed by atoms with van der Waals surface area (Å²) in [7, 11) is 0. The topological polar surface area (TPSA) is 58.0 Å². The SMILES string of the molecule is CCCC(Nc1nccc(CO)n1)C1CCCC1. The van der Waals surface area contributed by atoms with Crippen molar-refractivity contribution in [1.29, 1.82) is 0 Å². The monoisotopic (exact) mass is 249 g/mol. The summed E-state index contributed by atoms with van der Waals surface area (Å²) < 4.78 is 0. The summed E-state index contributed by atoms with van der Waals surface area (Å²) in [6, 6.07) is 2.22. The highest BCUT2D eigenvalue weighted by molar-refractivity contribution is 5.27. The van der Waals surface area contributed by atoms with E-state index in [0.29, 0.717) is 17.7 Å². The van der Waals surface area contributed by atoms with Crippen LogP contribution in [0.3, 0.4) is 0 Å². The van der Waals surface area contributed by atoms with Gasteiger partial charge in [-0.15, -0.1) is 0 Å². The molecule has 1 aliphatic rings. The van der Waals surface area contributed by atoms with Crippen molar-refractivity contribution < 1.29 is 5.11 Å². The van der Waals surface area contributed by atoms with Gasteiger partial charge in [0, 0.05) is 12.2 Å². The van der Waals surface area contributed by atoms with Crippen molar-refractivity contribution in [3.8, 4) is 0 Å². The molecule has 2 N–H and O–H groups in total. The molecule has 0 saturated heterocycles. The number of nitrogens with one attached hydrogen (secondary N) is 1. The van der Waals surface area contributed by atoms with Crippen LogP contribution in [0.1, 0.15) is 51.1 Å². The molecule has 0 aliphatic heterocycles. The highest BCUT2D eigenvalue weighted by Gasteiger charge is 2.24. The number of aliphatic hydroxyl groups excluding tert-OH is 1. The molecule has 1 saturated carbocycles. The number of anilines is 1. The molecule has 1 fully saturated rings. The van der Waals surface area contributed by atoms with E-state index in [9.17, 15) is 0 Å². The lowest BCUT2D eigenvalue weighted by molar-refractivity contribution is 0.276. The highest BCUT2D eigenvalue weighted by atomic mass is 16.3. The molecule has 0 aromatic carbocycles. The van der Waals surface area contributed by atoms with Crippen molar-refractivity contribution in [3.63, 3.8) is 0 Å². The van der Waals surface area contributed by atoms with Crippen molar-refractivity contribution in [2.24, 2.45) is 5.92 Å². The first-order chi connectivity index (χ1) is 8.83. The Balaban J connectivity index is 2.02. The van der Waals surface area contributed by atoms with Crippen LogP contribution >= 0.6 is 0 Å². The van der Waals surface area contributed by atoms with Gasteiger partial charge in [0.05, 0.1) is 12.3 Å². The maximum absolute atomic E-state index is 9.09. The van der Waals surface area contributed by atoms with Crippen LogP contribution in [-0.4, -0.2) is 21.1 Å². The van der Waals surface area contributed by atoms with Crippen LogP contribution in [0, 0.1) is 5.92 Å². The van der Waals surface area contributed by atoms with Crippen LogP contribution < -0.4 is 5.32 Å². The minimum absolute atomic E-state index is 0.0287. The average Bonchev–Trinajstić information content (AvgIpc) is 2.92. The summed E-state index contributed by atoms with van der Waals surface area (Å²) in [5.74, 6) is 1.42. The quantitative estimate of drug-likeness (QED) is 0.814. The third-order valence-electron chi connectivity index (χ3n) is 3.76. The van der Waals surface area contributed by atoms with E-state index in [4.69, 9.17) is 5.11 Å². The van der Waals surface area contributed by atoms with Crippen LogP contribution in [0.2, 0.25) is 0 Å². The molecular formula is C14H23N3O. The lowest BCUT2D eigenvalue weighted by atomic mass is 9.94. The van der Waals surface area contributed by atoms with Crippen LogP contribution in [0.5, 0.6) is 0 Å². The average molecular weight is 249 g/mol. The van der Waals surface area contributed by atoms with Crippen LogP contribution in [0.25, 0.3) is 0 Å². The second-order valence-electron chi connectivity index (χ2n) is 5.11. The molecule has 4 heteroatoms. The summed E-state index contributed by atoms with van der Waals surface area (Å²) in [5, 5.41) is 12.6.